The van der Waals surface area contributed by atoms with Gasteiger partial charge in [0.05, 0.1) is 0 Å². The summed E-state index contributed by atoms with van der Waals surface area (Å²) in [6.45, 7) is 2.48. The topological polar surface area (TPSA) is 94.8 Å². The summed E-state index contributed by atoms with van der Waals surface area (Å²) in [5.41, 5.74) is 0. The molecule has 0 unspecified atom stereocenters. The molecule has 0 aromatic heterocycles. The summed E-state index contributed by atoms with van der Waals surface area (Å²) >= 11 is 0. The zero-order valence-electron chi connectivity index (χ0n) is 8.39. The minimum absolute atomic E-state index is 0. The van der Waals surface area contributed by atoms with Gasteiger partial charge in [-0.05, 0) is 6.42 Å². The van der Waals surface area contributed by atoms with Gasteiger partial charge in [0.1, 0.15) is 0 Å². The van der Waals surface area contributed by atoms with Gasteiger partial charge in [-0.25, -0.2) is 0 Å². The molecule has 0 heterocycles. The van der Waals surface area contributed by atoms with Gasteiger partial charge >= 0.3 is 40.0 Å². The second-order valence-electron chi connectivity index (χ2n) is 1.88. The molecule has 7 heteroatoms. The molecule has 0 aromatic rings. The predicted octanol–water partition coefficient (Wildman–Crippen LogP) is -2.37. The van der Waals surface area contributed by atoms with E-state index in [1.54, 1.807) is 0 Å². The van der Waals surface area contributed by atoms with Gasteiger partial charge in [0.15, 0.2) is 0 Å². The van der Waals surface area contributed by atoms with Gasteiger partial charge in [-0.1, -0.05) is 19.8 Å². The van der Waals surface area contributed by atoms with Gasteiger partial charge in [0.2, 0.25) is 0 Å². The summed E-state index contributed by atoms with van der Waals surface area (Å²) in [4.78, 5) is 0. The van der Waals surface area contributed by atoms with Crippen molar-refractivity contribution in [2.24, 2.45) is 0 Å². The van der Waals surface area contributed by atoms with Crippen molar-refractivity contribution in [2.45, 2.75) is 26.2 Å². The molecule has 0 bridgehead atoms. The second kappa shape index (κ2) is 11.8. The third kappa shape index (κ3) is 71.3. The molecule has 72 valence electrons. The van der Waals surface area contributed by atoms with Crippen LogP contribution in [0.25, 0.3) is 0 Å². The minimum Gasteiger partial charge on any atom is -1.00 e. The second-order valence-corrected chi connectivity index (χ2v) is 2.77. The molecule has 0 amide bonds. The van der Waals surface area contributed by atoms with E-state index < -0.39 is 10.4 Å². The fourth-order valence-electron chi connectivity index (χ4n) is 0.362. The maximum Gasteiger partial charge on any atom is 1.00 e. The van der Waals surface area contributed by atoms with Crippen LogP contribution in [0.4, 0.5) is 0 Å². The first kappa shape index (κ1) is 18.6. The summed E-state index contributed by atoms with van der Waals surface area (Å²) in [6.07, 6.45) is 3.33. The van der Waals surface area contributed by atoms with Gasteiger partial charge in [-0.3, -0.25) is 9.11 Å². The van der Waals surface area contributed by atoms with E-state index in [9.17, 15) is 0 Å². The standard InChI is InChI=1S/C5H12O.Na.H2O4S.H/c1-2-3-4-5-6;;1-5(2,3)4;/h6H,2-5H2,1H3;;(H2,1,2,3,4);/q;+1;;-1. The number of hydrogen-bond donors (Lipinski definition) is 3. The first-order chi connectivity index (χ1) is 4.91. The Morgan fingerprint density at radius 3 is 1.67 bits per heavy atom. The Balaban J connectivity index is -0.0000000546. The fraction of sp³-hybridized carbons (Fsp3) is 1.00. The SMILES string of the molecule is CCCCCO.O=S(=O)(O)O.[H-].[Na+]. The zero-order valence-corrected chi connectivity index (χ0v) is 10.2. The summed E-state index contributed by atoms with van der Waals surface area (Å²) in [7, 11) is -4.67. The Kier molecular flexibility index (Phi) is 18.3. The third-order valence-corrected chi connectivity index (χ3v) is 0.762. The van der Waals surface area contributed by atoms with Crippen LogP contribution in [0, 0.1) is 0 Å². The van der Waals surface area contributed by atoms with Crippen molar-refractivity contribution in [2.75, 3.05) is 6.61 Å². The van der Waals surface area contributed by atoms with E-state index in [2.05, 4.69) is 6.92 Å². The molecule has 3 N–H and O–H groups in total. The van der Waals surface area contributed by atoms with Gasteiger partial charge in [-0.2, -0.15) is 8.42 Å². The Bertz CT molecular complexity index is 148. The van der Waals surface area contributed by atoms with E-state index >= 15 is 0 Å². The van der Waals surface area contributed by atoms with E-state index in [0.717, 1.165) is 12.8 Å². The number of aliphatic hydroxyl groups excluding tert-OH is 1. The number of aliphatic hydroxyl groups is 1. The van der Waals surface area contributed by atoms with Crippen LogP contribution in [0.2, 0.25) is 0 Å². The number of unbranched alkanes of at least 4 members (excludes halogenated alkanes) is 2. The molecule has 5 nitrogen and oxygen atoms in total. The van der Waals surface area contributed by atoms with E-state index in [1.165, 1.54) is 6.42 Å². The Morgan fingerprint density at radius 2 is 1.58 bits per heavy atom. The van der Waals surface area contributed by atoms with Gasteiger partial charge in [-0.15, -0.1) is 0 Å². The van der Waals surface area contributed by atoms with Crippen LogP contribution in [-0.4, -0.2) is 29.2 Å². The quantitative estimate of drug-likeness (QED) is 0.275. The first-order valence-electron chi connectivity index (χ1n) is 3.22. The Hall–Kier alpha value is 0.830. The van der Waals surface area contributed by atoms with Crippen molar-refractivity contribution in [1.82, 2.24) is 0 Å². The smallest absolute Gasteiger partial charge is 1.00 e. The molecule has 0 aliphatic rings. The van der Waals surface area contributed by atoms with Crippen LogP contribution in [0.15, 0.2) is 0 Å². The molecule has 0 atom stereocenters. The number of rotatable bonds is 3. The largest absolute Gasteiger partial charge is 1.00 e. The van der Waals surface area contributed by atoms with Crippen molar-refractivity contribution in [1.29, 1.82) is 0 Å². The first-order valence-corrected chi connectivity index (χ1v) is 4.62. The monoisotopic (exact) mass is 210 g/mol. The van der Waals surface area contributed by atoms with Crippen LogP contribution in [0.1, 0.15) is 27.6 Å². The normalized spacial score (nSPS) is 9.33. The molecule has 0 aromatic carbocycles. The van der Waals surface area contributed by atoms with Crippen LogP contribution < -0.4 is 29.6 Å². The molecule has 0 saturated carbocycles. The average Bonchev–Trinajstić information content (AvgIpc) is 1.79. The van der Waals surface area contributed by atoms with Crippen molar-refractivity contribution < 1.29 is 53.6 Å². The zero-order chi connectivity index (χ0) is 9.33. The van der Waals surface area contributed by atoms with Crippen LogP contribution in [-0.2, 0) is 10.4 Å². The molecular weight excluding hydrogens is 195 g/mol. The third-order valence-electron chi connectivity index (χ3n) is 0.762. The molecule has 0 rings (SSSR count). The molecule has 0 aliphatic carbocycles. The van der Waals surface area contributed by atoms with Gasteiger partial charge in [0, 0.05) is 6.61 Å². The molecule has 0 radical (unpaired) electrons. The van der Waals surface area contributed by atoms with Crippen molar-refractivity contribution in [3.05, 3.63) is 0 Å². The molecule has 0 saturated heterocycles. The van der Waals surface area contributed by atoms with Gasteiger partial charge in [0.25, 0.3) is 0 Å². The van der Waals surface area contributed by atoms with Crippen molar-refractivity contribution in [3.63, 3.8) is 0 Å². The van der Waals surface area contributed by atoms with E-state index in [0.29, 0.717) is 6.61 Å². The summed E-state index contributed by atoms with van der Waals surface area (Å²) < 4.78 is 31.6. The maximum absolute atomic E-state index is 8.74. The van der Waals surface area contributed by atoms with Gasteiger partial charge < -0.3 is 6.53 Å². The summed E-state index contributed by atoms with van der Waals surface area (Å²) in [6, 6.07) is 0. The summed E-state index contributed by atoms with van der Waals surface area (Å²) in [5.74, 6) is 0. The number of hydrogen-bond acceptors (Lipinski definition) is 3. The van der Waals surface area contributed by atoms with E-state index in [-0.39, 0.29) is 31.0 Å². The Morgan fingerprint density at radius 1 is 1.25 bits per heavy atom. The molecule has 0 spiro atoms. The molecule has 0 aliphatic heterocycles. The van der Waals surface area contributed by atoms with Crippen LogP contribution in [0.5, 0.6) is 0 Å². The minimum atomic E-state index is -4.67. The Labute approximate surface area is 96.5 Å². The van der Waals surface area contributed by atoms with E-state index in [1.807, 2.05) is 0 Å². The summed E-state index contributed by atoms with van der Waals surface area (Å²) in [5, 5.41) is 8.20. The molecule has 0 fully saturated rings. The van der Waals surface area contributed by atoms with E-state index in [4.69, 9.17) is 22.6 Å². The predicted molar refractivity (Wildman–Crippen MR) is 41.9 cm³/mol. The van der Waals surface area contributed by atoms with Crippen LogP contribution in [0.3, 0.4) is 0 Å². The van der Waals surface area contributed by atoms with Crippen molar-refractivity contribution in [3.8, 4) is 0 Å². The molecular formula is C5H15NaO5S. The maximum atomic E-state index is 8.74. The average molecular weight is 210 g/mol. The van der Waals surface area contributed by atoms with Crippen molar-refractivity contribution >= 4 is 10.4 Å². The molecule has 12 heavy (non-hydrogen) atoms. The fourth-order valence-corrected chi connectivity index (χ4v) is 0.362. The van der Waals surface area contributed by atoms with Crippen LogP contribution >= 0.6 is 0 Å².